The van der Waals surface area contributed by atoms with E-state index in [0.29, 0.717) is 12.8 Å². The molecule has 0 heterocycles. The summed E-state index contributed by atoms with van der Waals surface area (Å²) >= 11 is 0. The molecule has 2 atom stereocenters. The lowest BCUT2D eigenvalue weighted by Gasteiger charge is -2.31. The van der Waals surface area contributed by atoms with Gasteiger partial charge in [0.05, 0.1) is 18.6 Å². The van der Waals surface area contributed by atoms with E-state index < -0.39 is 11.5 Å². The van der Waals surface area contributed by atoms with E-state index in [4.69, 9.17) is 4.74 Å². The van der Waals surface area contributed by atoms with E-state index in [1.165, 1.54) is 7.11 Å². The molecule has 19 heavy (non-hydrogen) atoms. The van der Waals surface area contributed by atoms with Crippen molar-refractivity contribution in [2.24, 2.45) is 5.92 Å². The first kappa shape index (κ1) is 15.7. The number of ether oxygens (including phenoxy) is 1. The van der Waals surface area contributed by atoms with Gasteiger partial charge in [-0.15, -0.1) is 0 Å². The second-order valence-electron chi connectivity index (χ2n) is 5.24. The van der Waals surface area contributed by atoms with Crippen LogP contribution in [-0.4, -0.2) is 23.8 Å². The third-order valence-electron chi connectivity index (χ3n) is 3.49. The molecule has 3 heteroatoms. The van der Waals surface area contributed by atoms with Gasteiger partial charge < -0.3 is 9.84 Å². The molecule has 1 rings (SSSR count). The summed E-state index contributed by atoms with van der Waals surface area (Å²) in [6.45, 7) is 3.79. The van der Waals surface area contributed by atoms with Gasteiger partial charge in [-0.25, -0.2) is 0 Å². The molecule has 0 spiro atoms. The molecule has 2 unspecified atom stereocenters. The van der Waals surface area contributed by atoms with Gasteiger partial charge in [-0.1, -0.05) is 50.1 Å². The number of hydrogen-bond donors (Lipinski definition) is 1. The fourth-order valence-corrected chi connectivity index (χ4v) is 2.37. The highest BCUT2D eigenvalue weighted by Gasteiger charge is 2.37. The van der Waals surface area contributed by atoms with Crippen LogP contribution in [0, 0.1) is 5.92 Å². The predicted octanol–water partition coefficient (Wildman–Crippen LogP) is 2.96. The third-order valence-corrected chi connectivity index (χ3v) is 3.49. The average Bonchev–Trinajstić information content (AvgIpc) is 2.39. The summed E-state index contributed by atoms with van der Waals surface area (Å²) in [5.41, 5.74) is -0.0539. The number of esters is 1. The van der Waals surface area contributed by atoms with Crippen LogP contribution in [0.5, 0.6) is 0 Å². The van der Waals surface area contributed by atoms with Crippen molar-refractivity contribution in [2.45, 2.75) is 45.1 Å². The Morgan fingerprint density at radius 2 is 2.00 bits per heavy atom. The Morgan fingerprint density at radius 1 is 1.37 bits per heavy atom. The molecule has 0 aliphatic heterocycles. The molecule has 0 aliphatic rings. The summed E-state index contributed by atoms with van der Waals surface area (Å²) in [4.78, 5) is 11.9. The van der Waals surface area contributed by atoms with Gasteiger partial charge in [0, 0.05) is 6.42 Å². The fraction of sp³-hybridized carbons (Fsp3) is 0.562. The van der Waals surface area contributed by atoms with Crippen LogP contribution in [0.25, 0.3) is 0 Å². The molecule has 0 radical (unpaired) electrons. The second kappa shape index (κ2) is 7.29. The number of aliphatic hydroxyl groups is 1. The summed E-state index contributed by atoms with van der Waals surface area (Å²) in [5, 5.41) is 10.7. The quantitative estimate of drug-likeness (QED) is 0.770. The molecule has 0 saturated carbocycles. The molecule has 3 nitrogen and oxygen atoms in total. The van der Waals surface area contributed by atoms with Gasteiger partial charge in [-0.2, -0.15) is 0 Å². The maximum absolute atomic E-state index is 11.9. The van der Waals surface area contributed by atoms with Crippen LogP contribution in [0.3, 0.4) is 0 Å². The van der Waals surface area contributed by atoms with Crippen molar-refractivity contribution in [3.63, 3.8) is 0 Å². The SMILES string of the molecule is CCCCC(C(=O)OC)C(C)(O)Cc1ccccc1. The van der Waals surface area contributed by atoms with Crippen LogP contribution in [-0.2, 0) is 16.0 Å². The second-order valence-corrected chi connectivity index (χ2v) is 5.24. The average molecular weight is 264 g/mol. The van der Waals surface area contributed by atoms with Crippen molar-refractivity contribution >= 4 is 5.97 Å². The third kappa shape index (κ3) is 4.67. The molecular weight excluding hydrogens is 240 g/mol. The lowest BCUT2D eigenvalue weighted by Crippen LogP contribution is -2.42. The van der Waals surface area contributed by atoms with E-state index in [1.807, 2.05) is 30.3 Å². The normalized spacial score (nSPS) is 15.6. The first-order chi connectivity index (χ1) is 9.01. The highest BCUT2D eigenvalue weighted by Crippen LogP contribution is 2.28. The number of carbonyl (C=O) groups is 1. The number of hydrogen-bond acceptors (Lipinski definition) is 3. The van der Waals surface area contributed by atoms with Crippen molar-refractivity contribution < 1.29 is 14.6 Å². The van der Waals surface area contributed by atoms with E-state index in [0.717, 1.165) is 18.4 Å². The summed E-state index contributed by atoms with van der Waals surface area (Å²) in [5.74, 6) is -0.799. The Kier molecular flexibility index (Phi) is 6.03. The lowest BCUT2D eigenvalue weighted by molar-refractivity contribution is -0.155. The van der Waals surface area contributed by atoms with Gasteiger partial charge in [0.1, 0.15) is 0 Å². The minimum absolute atomic E-state index is 0.325. The highest BCUT2D eigenvalue weighted by atomic mass is 16.5. The molecule has 0 aliphatic carbocycles. The van der Waals surface area contributed by atoms with Crippen molar-refractivity contribution in [3.05, 3.63) is 35.9 Å². The van der Waals surface area contributed by atoms with Crippen molar-refractivity contribution in [1.29, 1.82) is 0 Å². The zero-order valence-electron chi connectivity index (χ0n) is 12.1. The predicted molar refractivity (Wildman–Crippen MR) is 75.8 cm³/mol. The van der Waals surface area contributed by atoms with E-state index >= 15 is 0 Å². The molecular formula is C16H24O3. The van der Waals surface area contributed by atoms with Crippen molar-refractivity contribution in [3.8, 4) is 0 Å². The lowest BCUT2D eigenvalue weighted by atomic mass is 9.81. The van der Waals surface area contributed by atoms with Gasteiger partial charge >= 0.3 is 5.97 Å². The van der Waals surface area contributed by atoms with Crippen LogP contribution in [0.15, 0.2) is 30.3 Å². The number of methoxy groups -OCH3 is 1. The Labute approximate surface area is 115 Å². The highest BCUT2D eigenvalue weighted by molar-refractivity contribution is 5.73. The minimum atomic E-state index is -1.08. The van der Waals surface area contributed by atoms with Crippen molar-refractivity contribution in [2.75, 3.05) is 7.11 Å². The topological polar surface area (TPSA) is 46.5 Å². The number of rotatable bonds is 7. The van der Waals surface area contributed by atoms with Crippen LogP contribution in [0.2, 0.25) is 0 Å². The molecule has 1 aromatic rings. The zero-order chi connectivity index (χ0) is 14.3. The van der Waals surface area contributed by atoms with Gasteiger partial charge in [0.15, 0.2) is 0 Å². The van der Waals surface area contributed by atoms with E-state index in [2.05, 4.69) is 6.92 Å². The number of carbonyl (C=O) groups excluding carboxylic acids is 1. The molecule has 106 valence electrons. The summed E-state index contributed by atoms with van der Waals surface area (Å²) in [6, 6.07) is 9.73. The number of benzene rings is 1. The fourth-order valence-electron chi connectivity index (χ4n) is 2.37. The molecule has 0 amide bonds. The summed E-state index contributed by atoms with van der Waals surface area (Å²) in [6.07, 6.45) is 3.01. The van der Waals surface area contributed by atoms with Crippen LogP contribution >= 0.6 is 0 Å². The van der Waals surface area contributed by atoms with Gasteiger partial charge in [0.25, 0.3) is 0 Å². The molecule has 1 N–H and O–H groups in total. The van der Waals surface area contributed by atoms with E-state index in [9.17, 15) is 9.90 Å². The van der Waals surface area contributed by atoms with Crippen LogP contribution in [0.1, 0.15) is 38.7 Å². The van der Waals surface area contributed by atoms with Gasteiger partial charge in [0.2, 0.25) is 0 Å². The number of unbranched alkanes of at least 4 members (excludes halogenated alkanes) is 1. The first-order valence-corrected chi connectivity index (χ1v) is 6.85. The molecule has 0 saturated heterocycles. The molecule has 1 aromatic carbocycles. The molecule has 0 fully saturated rings. The Hall–Kier alpha value is -1.35. The van der Waals surface area contributed by atoms with Crippen LogP contribution in [0.4, 0.5) is 0 Å². The zero-order valence-corrected chi connectivity index (χ0v) is 12.1. The van der Waals surface area contributed by atoms with Gasteiger partial charge in [-0.05, 0) is 18.9 Å². The first-order valence-electron chi connectivity index (χ1n) is 6.85. The maximum atomic E-state index is 11.9. The van der Waals surface area contributed by atoms with Crippen LogP contribution < -0.4 is 0 Å². The Bertz CT molecular complexity index is 384. The monoisotopic (exact) mass is 264 g/mol. The minimum Gasteiger partial charge on any atom is -0.469 e. The molecule has 0 aromatic heterocycles. The Morgan fingerprint density at radius 3 is 2.53 bits per heavy atom. The Balaban J connectivity index is 2.82. The van der Waals surface area contributed by atoms with E-state index in [-0.39, 0.29) is 5.97 Å². The van der Waals surface area contributed by atoms with Gasteiger partial charge in [-0.3, -0.25) is 4.79 Å². The summed E-state index contributed by atoms with van der Waals surface area (Å²) in [7, 11) is 1.37. The smallest absolute Gasteiger partial charge is 0.311 e. The largest absolute Gasteiger partial charge is 0.469 e. The van der Waals surface area contributed by atoms with Crippen molar-refractivity contribution in [1.82, 2.24) is 0 Å². The maximum Gasteiger partial charge on any atom is 0.311 e. The standard InChI is InChI=1S/C16H24O3/c1-4-5-11-14(15(17)19-3)16(2,18)12-13-9-7-6-8-10-13/h6-10,14,18H,4-5,11-12H2,1-3H3. The molecule has 0 bridgehead atoms. The summed E-state index contributed by atoms with van der Waals surface area (Å²) < 4.78 is 4.83. The van der Waals surface area contributed by atoms with E-state index in [1.54, 1.807) is 6.92 Å².